The van der Waals surface area contributed by atoms with Crippen molar-refractivity contribution in [2.45, 2.75) is 76.4 Å². The van der Waals surface area contributed by atoms with Crippen LogP contribution in [0.15, 0.2) is 54.6 Å². The lowest BCUT2D eigenvalue weighted by molar-refractivity contribution is -0.133. The van der Waals surface area contributed by atoms with Gasteiger partial charge in [0.15, 0.2) is 0 Å². The Morgan fingerprint density at radius 2 is 1.81 bits per heavy atom. The number of carbonyl (C=O) groups is 2. The Bertz CT molecular complexity index is 1240. The molecule has 0 radical (unpaired) electrons. The Morgan fingerprint density at radius 1 is 1.08 bits per heavy atom. The number of ether oxygens (including phenoxy) is 1. The summed E-state index contributed by atoms with van der Waals surface area (Å²) in [4.78, 5) is 29.9. The fourth-order valence-electron chi connectivity index (χ4n) is 5.87. The molecule has 2 aromatic carbocycles. The minimum atomic E-state index is -1.01. The predicted octanol–water partition coefficient (Wildman–Crippen LogP) is 5.51. The zero-order chi connectivity index (χ0) is 25.3. The number of amides is 2. The second-order valence-corrected chi connectivity index (χ2v) is 10.7. The molecule has 2 heterocycles. The smallest absolute Gasteiger partial charge is 0.271 e. The van der Waals surface area contributed by atoms with Crippen LogP contribution in [0.1, 0.15) is 74.3 Å². The zero-order valence-corrected chi connectivity index (χ0v) is 21.6. The van der Waals surface area contributed by atoms with Crippen LogP contribution in [0.2, 0.25) is 0 Å². The number of nitrogens with one attached hydrogen (secondary N) is 1. The van der Waals surface area contributed by atoms with Gasteiger partial charge in [-0.05, 0) is 49.4 Å². The SMILES string of the molecule is COc1ccc2cc3n(c2c1)CC(C)(C(=O)NC1CCCCCC1)N(CC(C)c1ccccc1)C3=O. The van der Waals surface area contributed by atoms with Crippen molar-refractivity contribution in [2.24, 2.45) is 0 Å². The van der Waals surface area contributed by atoms with E-state index < -0.39 is 5.54 Å². The largest absolute Gasteiger partial charge is 0.497 e. The first-order valence-electron chi connectivity index (χ1n) is 13.3. The molecule has 0 bridgehead atoms. The van der Waals surface area contributed by atoms with Crippen LogP contribution in [0.5, 0.6) is 5.75 Å². The van der Waals surface area contributed by atoms with Gasteiger partial charge in [-0.1, -0.05) is 62.9 Å². The first-order chi connectivity index (χ1) is 17.4. The summed E-state index contributed by atoms with van der Waals surface area (Å²) in [5.74, 6) is 0.674. The minimum Gasteiger partial charge on any atom is -0.497 e. The molecule has 2 amide bonds. The van der Waals surface area contributed by atoms with Crippen LogP contribution in [-0.2, 0) is 11.3 Å². The molecule has 1 aromatic heterocycles. The lowest BCUT2D eigenvalue weighted by atomic mass is 9.91. The molecule has 36 heavy (non-hydrogen) atoms. The third-order valence-corrected chi connectivity index (χ3v) is 8.14. The molecule has 6 heteroatoms. The summed E-state index contributed by atoms with van der Waals surface area (Å²) in [5.41, 5.74) is 1.70. The first-order valence-corrected chi connectivity index (χ1v) is 13.3. The Hall–Kier alpha value is -3.28. The Morgan fingerprint density at radius 3 is 2.50 bits per heavy atom. The molecule has 1 fully saturated rings. The molecule has 1 aliphatic heterocycles. The molecule has 2 aliphatic rings. The zero-order valence-electron chi connectivity index (χ0n) is 21.6. The van der Waals surface area contributed by atoms with E-state index in [1.165, 1.54) is 12.8 Å². The molecule has 1 N–H and O–H groups in total. The van der Waals surface area contributed by atoms with Crippen molar-refractivity contribution >= 4 is 22.7 Å². The number of nitrogens with zero attached hydrogens (tertiary/aromatic N) is 2. The van der Waals surface area contributed by atoms with Gasteiger partial charge in [-0.3, -0.25) is 9.59 Å². The van der Waals surface area contributed by atoms with Gasteiger partial charge in [0.2, 0.25) is 5.91 Å². The highest BCUT2D eigenvalue weighted by Gasteiger charge is 2.48. The van der Waals surface area contributed by atoms with Gasteiger partial charge in [0.25, 0.3) is 5.91 Å². The van der Waals surface area contributed by atoms with E-state index in [4.69, 9.17) is 4.74 Å². The van der Waals surface area contributed by atoms with Gasteiger partial charge in [-0.25, -0.2) is 0 Å². The average molecular weight is 488 g/mol. The summed E-state index contributed by atoms with van der Waals surface area (Å²) in [7, 11) is 1.64. The van der Waals surface area contributed by atoms with E-state index in [1.54, 1.807) is 7.11 Å². The lowest BCUT2D eigenvalue weighted by Gasteiger charge is -2.45. The Kier molecular flexibility index (Phi) is 6.78. The quantitative estimate of drug-likeness (QED) is 0.467. The van der Waals surface area contributed by atoms with Gasteiger partial charge in [0, 0.05) is 24.0 Å². The molecule has 190 valence electrons. The number of hydrogen-bond donors (Lipinski definition) is 1. The van der Waals surface area contributed by atoms with Gasteiger partial charge < -0.3 is 19.5 Å². The highest BCUT2D eigenvalue weighted by atomic mass is 16.5. The molecule has 0 spiro atoms. The molecule has 1 aliphatic carbocycles. The van der Waals surface area contributed by atoms with Gasteiger partial charge in [0.1, 0.15) is 17.0 Å². The minimum absolute atomic E-state index is 0.0570. The third-order valence-electron chi connectivity index (χ3n) is 8.14. The van der Waals surface area contributed by atoms with Crippen molar-refractivity contribution in [2.75, 3.05) is 13.7 Å². The molecule has 0 saturated heterocycles. The number of benzene rings is 2. The van der Waals surface area contributed by atoms with Gasteiger partial charge in [-0.15, -0.1) is 0 Å². The van der Waals surface area contributed by atoms with Crippen LogP contribution in [0.25, 0.3) is 10.9 Å². The monoisotopic (exact) mass is 487 g/mol. The van der Waals surface area contributed by atoms with Crippen molar-refractivity contribution in [1.29, 1.82) is 0 Å². The van der Waals surface area contributed by atoms with Gasteiger partial charge in [0.05, 0.1) is 19.2 Å². The van der Waals surface area contributed by atoms with Crippen molar-refractivity contribution in [3.8, 4) is 5.75 Å². The van der Waals surface area contributed by atoms with Gasteiger partial charge in [-0.2, -0.15) is 0 Å². The molecule has 1 saturated carbocycles. The summed E-state index contributed by atoms with van der Waals surface area (Å²) in [5, 5.41) is 4.33. The predicted molar refractivity (Wildman–Crippen MR) is 142 cm³/mol. The third kappa shape index (κ3) is 4.49. The van der Waals surface area contributed by atoms with Crippen LogP contribution in [0.4, 0.5) is 0 Å². The van der Waals surface area contributed by atoms with E-state index >= 15 is 0 Å². The summed E-state index contributed by atoms with van der Waals surface area (Å²) >= 11 is 0. The molecule has 2 atom stereocenters. The fraction of sp³-hybridized carbons (Fsp3) is 0.467. The van der Waals surface area contributed by atoms with E-state index in [0.717, 1.165) is 47.9 Å². The molecule has 6 nitrogen and oxygen atoms in total. The fourth-order valence-corrected chi connectivity index (χ4v) is 5.87. The van der Waals surface area contributed by atoms with Crippen molar-refractivity contribution in [1.82, 2.24) is 14.8 Å². The molecule has 3 aromatic rings. The molecular weight excluding hydrogens is 450 g/mol. The maximum absolute atomic E-state index is 14.1. The van der Waals surface area contributed by atoms with E-state index in [0.29, 0.717) is 18.8 Å². The van der Waals surface area contributed by atoms with E-state index in [9.17, 15) is 9.59 Å². The number of carbonyl (C=O) groups excluding carboxylic acids is 2. The highest BCUT2D eigenvalue weighted by molar-refractivity contribution is 6.03. The maximum atomic E-state index is 14.1. The van der Waals surface area contributed by atoms with Gasteiger partial charge >= 0.3 is 0 Å². The van der Waals surface area contributed by atoms with Crippen LogP contribution in [-0.4, -0.2) is 46.5 Å². The van der Waals surface area contributed by atoms with Crippen molar-refractivity contribution in [3.05, 3.63) is 65.9 Å². The van der Waals surface area contributed by atoms with E-state index in [2.05, 4.69) is 24.4 Å². The summed E-state index contributed by atoms with van der Waals surface area (Å²) in [6.07, 6.45) is 6.74. The summed E-state index contributed by atoms with van der Waals surface area (Å²) in [6, 6.07) is 18.2. The second-order valence-electron chi connectivity index (χ2n) is 10.7. The first kappa shape index (κ1) is 24.4. The standard InChI is InChI=1S/C30H37N3O3/c1-21(22-11-7-6-8-12-22)19-33-28(34)27-17-23-15-16-25(36-3)18-26(23)32(27)20-30(33,2)29(35)31-24-13-9-4-5-10-14-24/h6-8,11-12,15-18,21,24H,4-5,9-10,13-14,19-20H2,1-3H3,(H,31,35). The normalized spacial score (nSPS) is 21.6. The number of fused-ring (bicyclic) bond motifs is 3. The molecule has 2 unspecified atom stereocenters. The molecular formula is C30H37N3O3. The van der Waals surface area contributed by atoms with Crippen molar-refractivity contribution in [3.63, 3.8) is 0 Å². The van der Waals surface area contributed by atoms with Crippen LogP contribution < -0.4 is 10.1 Å². The van der Waals surface area contributed by atoms with Crippen LogP contribution in [0.3, 0.4) is 0 Å². The second kappa shape index (κ2) is 10.00. The van der Waals surface area contributed by atoms with E-state index in [1.807, 2.05) is 58.9 Å². The van der Waals surface area contributed by atoms with E-state index in [-0.39, 0.29) is 23.8 Å². The Balaban J connectivity index is 1.53. The number of aromatic nitrogens is 1. The summed E-state index contributed by atoms with van der Waals surface area (Å²) in [6.45, 7) is 4.94. The number of methoxy groups -OCH3 is 1. The number of rotatable bonds is 6. The Labute approximate surface area is 213 Å². The molecule has 5 rings (SSSR count). The topological polar surface area (TPSA) is 63.6 Å². The number of hydrogen-bond acceptors (Lipinski definition) is 3. The van der Waals surface area contributed by atoms with Crippen molar-refractivity contribution < 1.29 is 14.3 Å². The average Bonchev–Trinajstić information content (AvgIpc) is 3.05. The maximum Gasteiger partial charge on any atom is 0.271 e. The lowest BCUT2D eigenvalue weighted by Crippen LogP contribution is -2.65. The van der Waals surface area contributed by atoms with Crippen LogP contribution in [0, 0.1) is 0 Å². The highest BCUT2D eigenvalue weighted by Crippen LogP contribution is 2.35. The van der Waals surface area contributed by atoms with Crippen LogP contribution >= 0.6 is 0 Å². The summed E-state index contributed by atoms with van der Waals surface area (Å²) < 4.78 is 7.47.